The van der Waals surface area contributed by atoms with E-state index < -0.39 is 11.7 Å². The first-order valence-corrected chi connectivity index (χ1v) is 4.59. The van der Waals surface area contributed by atoms with E-state index in [0.29, 0.717) is 11.8 Å². The molecule has 0 radical (unpaired) electrons. The third kappa shape index (κ3) is 3.50. The second-order valence-electron chi connectivity index (χ2n) is 3.08. The molecule has 3 nitrogen and oxygen atoms in total. The Kier molecular flexibility index (Phi) is 4.12. The summed E-state index contributed by atoms with van der Waals surface area (Å²) in [7, 11) is 0. The summed E-state index contributed by atoms with van der Waals surface area (Å²) < 4.78 is 37.2. The molecule has 6 heteroatoms. The molecular formula is C11H9F3N2O. The van der Waals surface area contributed by atoms with Gasteiger partial charge in [0, 0.05) is 5.56 Å². The molecule has 0 heterocycles. The van der Waals surface area contributed by atoms with Crippen LogP contribution in [0.4, 0.5) is 18.9 Å². The van der Waals surface area contributed by atoms with Crippen molar-refractivity contribution < 1.29 is 18.0 Å². The molecule has 0 aliphatic heterocycles. The van der Waals surface area contributed by atoms with Crippen molar-refractivity contribution in [2.45, 2.75) is 12.6 Å². The van der Waals surface area contributed by atoms with E-state index in [2.05, 4.69) is 17.3 Å². The maximum absolute atomic E-state index is 12.4. The van der Waals surface area contributed by atoms with Gasteiger partial charge in [-0.3, -0.25) is 5.84 Å². The first-order chi connectivity index (χ1) is 7.99. The van der Waals surface area contributed by atoms with Crippen molar-refractivity contribution in [1.82, 2.24) is 0 Å². The Hall–Kier alpha value is -2.00. The van der Waals surface area contributed by atoms with E-state index in [9.17, 15) is 18.0 Å². The molecule has 0 bridgehead atoms. The molecule has 0 aromatic heterocycles. The van der Waals surface area contributed by atoms with E-state index in [1.165, 1.54) is 6.07 Å². The summed E-state index contributed by atoms with van der Waals surface area (Å²) in [5, 5.41) is 0. The highest BCUT2D eigenvalue weighted by molar-refractivity contribution is 5.62. The van der Waals surface area contributed by atoms with Gasteiger partial charge in [0.1, 0.15) is 6.29 Å². The van der Waals surface area contributed by atoms with Gasteiger partial charge in [0.25, 0.3) is 0 Å². The summed E-state index contributed by atoms with van der Waals surface area (Å²) in [5.74, 6) is 10.2. The van der Waals surface area contributed by atoms with Crippen molar-refractivity contribution in [3.8, 4) is 11.8 Å². The molecule has 0 saturated carbocycles. The molecule has 1 aromatic carbocycles. The molecule has 0 saturated heterocycles. The summed E-state index contributed by atoms with van der Waals surface area (Å²) in [6.45, 7) is 0. The molecule has 0 atom stereocenters. The fraction of sp³-hybridized carbons (Fsp3) is 0.182. The molecule has 3 N–H and O–H groups in total. The number of carbonyl (C=O) groups excluding carboxylic acids is 1. The van der Waals surface area contributed by atoms with E-state index in [-0.39, 0.29) is 12.1 Å². The van der Waals surface area contributed by atoms with Crippen LogP contribution in [-0.2, 0) is 11.0 Å². The maximum atomic E-state index is 12.4. The summed E-state index contributed by atoms with van der Waals surface area (Å²) in [6, 6.07) is 2.98. The van der Waals surface area contributed by atoms with Gasteiger partial charge in [0.2, 0.25) is 0 Å². The van der Waals surface area contributed by atoms with Crippen molar-refractivity contribution >= 4 is 12.0 Å². The van der Waals surface area contributed by atoms with Crippen LogP contribution < -0.4 is 11.3 Å². The average Bonchev–Trinajstić information content (AvgIpc) is 2.28. The fourth-order valence-electron chi connectivity index (χ4n) is 1.14. The number of nitrogens with one attached hydrogen (secondary N) is 1. The second kappa shape index (κ2) is 5.37. The Morgan fingerprint density at radius 2 is 2.12 bits per heavy atom. The largest absolute Gasteiger partial charge is 0.416 e. The van der Waals surface area contributed by atoms with Gasteiger partial charge in [-0.05, 0) is 18.2 Å². The Morgan fingerprint density at radius 1 is 1.41 bits per heavy atom. The van der Waals surface area contributed by atoms with Crippen molar-refractivity contribution in [1.29, 1.82) is 0 Å². The minimum Gasteiger partial charge on any atom is -0.323 e. The van der Waals surface area contributed by atoms with Crippen LogP contribution in [0.5, 0.6) is 0 Å². The number of hydrazine groups is 1. The van der Waals surface area contributed by atoms with Crippen LogP contribution in [0, 0.1) is 11.8 Å². The number of carbonyl (C=O) groups is 1. The number of nitrogens with two attached hydrogens (primary N) is 1. The Bertz CT molecular complexity index is 472. The minimum absolute atomic E-state index is 0.0189. The number of hydrogen-bond donors (Lipinski definition) is 2. The third-order valence-electron chi connectivity index (χ3n) is 1.91. The lowest BCUT2D eigenvalue weighted by Gasteiger charge is -2.10. The van der Waals surface area contributed by atoms with Gasteiger partial charge in [-0.15, -0.1) is 0 Å². The number of aldehydes is 1. The Labute approximate surface area is 95.8 Å². The van der Waals surface area contributed by atoms with Gasteiger partial charge >= 0.3 is 6.18 Å². The molecular weight excluding hydrogens is 233 g/mol. The summed E-state index contributed by atoms with van der Waals surface area (Å²) in [4.78, 5) is 10.0. The first kappa shape index (κ1) is 13.1. The van der Waals surface area contributed by atoms with Gasteiger partial charge in [-0.2, -0.15) is 13.2 Å². The number of anilines is 1. The SMILES string of the molecule is NNc1cc(C(F)(F)F)ccc1C#CCC=O. The van der Waals surface area contributed by atoms with Crippen LogP contribution in [0.1, 0.15) is 17.5 Å². The highest BCUT2D eigenvalue weighted by atomic mass is 19.4. The molecule has 17 heavy (non-hydrogen) atoms. The van der Waals surface area contributed by atoms with Gasteiger partial charge in [-0.25, -0.2) is 0 Å². The molecule has 0 unspecified atom stereocenters. The molecule has 0 spiro atoms. The van der Waals surface area contributed by atoms with Crippen LogP contribution in [0.15, 0.2) is 18.2 Å². The number of hydrogen-bond acceptors (Lipinski definition) is 3. The van der Waals surface area contributed by atoms with Crippen LogP contribution >= 0.6 is 0 Å². The lowest BCUT2D eigenvalue weighted by molar-refractivity contribution is -0.137. The van der Waals surface area contributed by atoms with E-state index in [1.54, 1.807) is 0 Å². The summed E-state index contributed by atoms with van der Waals surface area (Å²) in [5.41, 5.74) is 1.71. The van der Waals surface area contributed by atoms with E-state index >= 15 is 0 Å². The zero-order valence-corrected chi connectivity index (χ0v) is 8.64. The number of nitrogen functional groups attached to an aromatic ring is 1. The molecule has 90 valence electrons. The number of alkyl halides is 3. The first-order valence-electron chi connectivity index (χ1n) is 4.59. The van der Waals surface area contributed by atoms with Crippen LogP contribution in [0.3, 0.4) is 0 Å². The van der Waals surface area contributed by atoms with Crippen LogP contribution in [0.2, 0.25) is 0 Å². The second-order valence-corrected chi connectivity index (χ2v) is 3.08. The number of benzene rings is 1. The molecule has 0 fully saturated rings. The highest BCUT2D eigenvalue weighted by Crippen LogP contribution is 2.31. The summed E-state index contributed by atoms with van der Waals surface area (Å²) >= 11 is 0. The summed E-state index contributed by atoms with van der Waals surface area (Å²) in [6.07, 6.45) is -3.81. The Morgan fingerprint density at radius 3 is 2.65 bits per heavy atom. The topological polar surface area (TPSA) is 55.1 Å². The Balaban J connectivity index is 3.11. The molecule has 1 aromatic rings. The molecule has 0 amide bonds. The quantitative estimate of drug-likeness (QED) is 0.360. The lowest BCUT2D eigenvalue weighted by atomic mass is 10.1. The third-order valence-corrected chi connectivity index (χ3v) is 1.91. The molecule has 0 aliphatic carbocycles. The van der Waals surface area contributed by atoms with Crippen LogP contribution in [-0.4, -0.2) is 6.29 Å². The van der Waals surface area contributed by atoms with E-state index in [1.807, 2.05) is 0 Å². The predicted molar refractivity (Wildman–Crippen MR) is 56.8 cm³/mol. The van der Waals surface area contributed by atoms with Crippen molar-refractivity contribution in [2.75, 3.05) is 5.43 Å². The molecule has 1 rings (SSSR count). The van der Waals surface area contributed by atoms with Crippen molar-refractivity contribution in [3.05, 3.63) is 29.3 Å². The number of halogens is 3. The van der Waals surface area contributed by atoms with E-state index in [4.69, 9.17) is 5.84 Å². The molecule has 0 aliphatic rings. The zero-order chi connectivity index (χ0) is 12.9. The van der Waals surface area contributed by atoms with E-state index in [0.717, 1.165) is 12.1 Å². The maximum Gasteiger partial charge on any atom is 0.416 e. The fourth-order valence-corrected chi connectivity index (χ4v) is 1.14. The average molecular weight is 242 g/mol. The smallest absolute Gasteiger partial charge is 0.323 e. The predicted octanol–water partition coefficient (Wildman–Crippen LogP) is 1.93. The standard InChI is InChI=1S/C11H9F3N2O/c12-11(13,14)9-5-4-8(3-1-2-6-17)10(7-9)16-15/h4-7,16H,2,15H2. The normalized spacial score (nSPS) is 10.4. The van der Waals surface area contributed by atoms with Crippen molar-refractivity contribution in [3.63, 3.8) is 0 Å². The zero-order valence-electron chi connectivity index (χ0n) is 8.64. The number of rotatable bonds is 2. The lowest BCUT2D eigenvalue weighted by Crippen LogP contribution is -2.11. The van der Waals surface area contributed by atoms with Gasteiger partial charge in [0.15, 0.2) is 0 Å². The van der Waals surface area contributed by atoms with Gasteiger partial charge < -0.3 is 10.2 Å². The highest BCUT2D eigenvalue weighted by Gasteiger charge is 2.30. The minimum atomic E-state index is -4.43. The van der Waals surface area contributed by atoms with Crippen molar-refractivity contribution in [2.24, 2.45) is 5.84 Å². The van der Waals surface area contributed by atoms with Gasteiger partial charge in [0.05, 0.1) is 17.7 Å². The monoisotopic (exact) mass is 242 g/mol. The van der Waals surface area contributed by atoms with Crippen LogP contribution in [0.25, 0.3) is 0 Å². The van der Waals surface area contributed by atoms with Gasteiger partial charge in [-0.1, -0.05) is 11.8 Å².